The van der Waals surface area contributed by atoms with Gasteiger partial charge in [0.05, 0.1) is 11.6 Å². The molecule has 0 aliphatic carbocycles. The topological polar surface area (TPSA) is 147 Å². The highest BCUT2D eigenvalue weighted by molar-refractivity contribution is 6.03. The summed E-state index contributed by atoms with van der Waals surface area (Å²) in [6.07, 6.45) is 2.07. The van der Waals surface area contributed by atoms with E-state index in [1.54, 1.807) is 29.2 Å². The van der Waals surface area contributed by atoms with Crippen LogP contribution in [0.25, 0.3) is 11.2 Å². The van der Waals surface area contributed by atoms with Gasteiger partial charge in [-0.3, -0.25) is 14.4 Å². The van der Waals surface area contributed by atoms with E-state index >= 15 is 0 Å². The zero-order valence-corrected chi connectivity index (χ0v) is 18.1. The van der Waals surface area contributed by atoms with E-state index in [0.29, 0.717) is 35.3 Å². The lowest BCUT2D eigenvalue weighted by molar-refractivity contribution is 0.0628. The minimum absolute atomic E-state index is 0.232. The van der Waals surface area contributed by atoms with Crippen LogP contribution in [0.2, 0.25) is 0 Å². The number of H-pyrrole nitrogens is 1. The summed E-state index contributed by atoms with van der Waals surface area (Å²) in [5.41, 5.74) is 9.27. The summed E-state index contributed by atoms with van der Waals surface area (Å²) in [6, 6.07) is 15.6. The van der Waals surface area contributed by atoms with Gasteiger partial charge in [-0.05, 0) is 41.8 Å². The molecule has 0 spiro atoms. The van der Waals surface area contributed by atoms with E-state index in [-0.39, 0.29) is 30.0 Å². The summed E-state index contributed by atoms with van der Waals surface area (Å²) < 4.78 is 0. The number of carbonyl (C=O) groups excluding carboxylic acids is 3. The molecule has 3 amide bonds. The van der Waals surface area contributed by atoms with Crippen LogP contribution in [0.4, 0.5) is 0 Å². The van der Waals surface area contributed by atoms with Crippen molar-refractivity contribution in [2.75, 3.05) is 6.54 Å². The average Bonchev–Trinajstić information content (AvgIpc) is 3.35. The van der Waals surface area contributed by atoms with Crippen LogP contribution in [0.15, 0.2) is 60.8 Å². The van der Waals surface area contributed by atoms with Crippen molar-refractivity contribution in [3.05, 3.63) is 88.6 Å². The van der Waals surface area contributed by atoms with Crippen LogP contribution in [0, 0.1) is 0 Å². The molecule has 1 aliphatic rings. The highest BCUT2D eigenvalue weighted by atomic mass is 16.2. The molecule has 3 heterocycles. The van der Waals surface area contributed by atoms with Gasteiger partial charge in [0.15, 0.2) is 0 Å². The Morgan fingerprint density at radius 2 is 1.82 bits per heavy atom. The molecule has 0 radical (unpaired) electrons. The Morgan fingerprint density at radius 1 is 1.03 bits per heavy atom. The highest BCUT2D eigenvalue weighted by Crippen LogP contribution is 2.25. The second kappa shape index (κ2) is 8.74. The first-order valence-corrected chi connectivity index (χ1v) is 10.7. The highest BCUT2D eigenvalue weighted by Gasteiger charge is 2.31. The second-order valence-corrected chi connectivity index (χ2v) is 8.07. The van der Waals surface area contributed by atoms with Gasteiger partial charge in [0.1, 0.15) is 5.52 Å². The van der Waals surface area contributed by atoms with Crippen LogP contribution in [0.1, 0.15) is 42.2 Å². The van der Waals surface area contributed by atoms with Crippen molar-refractivity contribution < 1.29 is 14.4 Å². The predicted octanol–water partition coefficient (Wildman–Crippen LogP) is 1.45. The van der Waals surface area contributed by atoms with Crippen LogP contribution in [0.3, 0.4) is 0 Å². The Labute approximate surface area is 194 Å². The number of pyridine rings is 1. The van der Waals surface area contributed by atoms with Gasteiger partial charge in [0, 0.05) is 30.4 Å². The van der Waals surface area contributed by atoms with Crippen LogP contribution < -0.4 is 11.1 Å². The number of rotatable bonds is 5. The standard InChI is InChI=1S/C24H21N7O3/c25-21(32)15-6-3-7-16(10-15)24(34)31-13-17-5-2-1-4-14(17)11-18(31)12-27-23(33)19-8-9-26-22-20(19)28-30-29-22/h1-10,18H,11-13H2,(H2,25,32)(H,27,33)(H,26,28,29,30). The number of carbonyl (C=O) groups is 3. The lowest BCUT2D eigenvalue weighted by Crippen LogP contribution is -2.50. The number of benzene rings is 2. The molecule has 170 valence electrons. The number of amides is 3. The van der Waals surface area contributed by atoms with Gasteiger partial charge in [-0.25, -0.2) is 4.98 Å². The normalized spacial score (nSPS) is 15.1. The molecule has 4 N–H and O–H groups in total. The third-order valence-corrected chi connectivity index (χ3v) is 5.98. The van der Waals surface area contributed by atoms with E-state index in [4.69, 9.17) is 5.73 Å². The number of nitrogens with zero attached hydrogens (tertiary/aromatic N) is 4. The lowest BCUT2D eigenvalue weighted by Gasteiger charge is -2.37. The molecule has 1 unspecified atom stereocenters. The zero-order valence-electron chi connectivity index (χ0n) is 18.1. The summed E-state index contributed by atoms with van der Waals surface area (Å²) in [6.45, 7) is 0.620. The molecule has 0 saturated heterocycles. The van der Waals surface area contributed by atoms with Gasteiger partial charge in [-0.1, -0.05) is 30.3 Å². The zero-order chi connectivity index (χ0) is 23.7. The van der Waals surface area contributed by atoms with Crippen molar-refractivity contribution in [2.24, 2.45) is 5.73 Å². The van der Waals surface area contributed by atoms with Crippen molar-refractivity contribution >= 4 is 28.9 Å². The van der Waals surface area contributed by atoms with Gasteiger partial charge in [0.25, 0.3) is 11.8 Å². The monoisotopic (exact) mass is 455 g/mol. The molecule has 1 atom stereocenters. The number of hydrogen-bond donors (Lipinski definition) is 3. The maximum absolute atomic E-state index is 13.5. The first-order chi connectivity index (χ1) is 16.5. The Hall–Kier alpha value is -4.60. The SMILES string of the molecule is NC(=O)c1cccc(C(=O)N2Cc3ccccc3CC2CNC(=O)c2ccnc3n[nH]nc23)c1. The van der Waals surface area contributed by atoms with Crippen LogP contribution in [0.5, 0.6) is 0 Å². The molecule has 2 aromatic heterocycles. The number of aromatic nitrogens is 4. The molecule has 0 saturated carbocycles. The smallest absolute Gasteiger partial charge is 0.254 e. The molecule has 10 heteroatoms. The molecule has 0 bridgehead atoms. The van der Waals surface area contributed by atoms with E-state index in [1.807, 2.05) is 24.3 Å². The fraction of sp³-hybridized carbons (Fsp3) is 0.167. The van der Waals surface area contributed by atoms with Crippen molar-refractivity contribution in [3.8, 4) is 0 Å². The molecule has 2 aromatic carbocycles. The van der Waals surface area contributed by atoms with E-state index < -0.39 is 5.91 Å². The number of nitrogens with two attached hydrogens (primary N) is 1. The van der Waals surface area contributed by atoms with E-state index in [1.165, 1.54) is 12.3 Å². The number of nitrogens with one attached hydrogen (secondary N) is 2. The lowest BCUT2D eigenvalue weighted by atomic mass is 9.93. The van der Waals surface area contributed by atoms with Gasteiger partial charge in [-0.15, -0.1) is 5.10 Å². The minimum Gasteiger partial charge on any atom is -0.366 e. The molecule has 10 nitrogen and oxygen atoms in total. The minimum atomic E-state index is -0.598. The molecule has 0 fully saturated rings. The number of primary amides is 1. The molecule has 5 rings (SSSR count). The van der Waals surface area contributed by atoms with Crippen LogP contribution >= 0.6 is 0 Å². The summed E-state index contributed by atoms with van der Waals surface area (Å²) in [7, 11) is 0. The van der Waals surface area contributed by atoms with Crippen molar-refractivity contribution in [1.82, 2.24) is 30.6 Å². The molecular weight excluding hydrogens is 434 g/mol. The van der Waals surface area contributed by atoms with Crippen LogP contribution in [-0.2, 0) is 13.0 Å². The van der Waals surface area contributed by atoms with E-state index in [0.717, 1.165) is 11.1 Å². The average molecular weight is 455 g/mol. The summed E-state index contributed by atoms with van der Waals surface area (Å²) >= 11 is 0. The quantitative estimate of drug-likeness (QED) is 0.415. The maximum Gasteiger partial charge on any atom is 0.254 e. The third-order valence-electron chi connectivity index (χ3n) is 5.98. The molecule has 4 aromatic rings. The predicted molar refractivity (Wildman–Crippen MR) is 123 cm³/mol. The largest absolute Gasteiger partial charge is 0.366 e. The number of aromatic amines is 1. The summed E-state index contributed by atoms with van der Waals surface area (Å²) in [5, 5.41) is 13.3. The Morgan fingerprint density at radius 3 is 2.65 bits per heavy atom. The molecule has 1 aliphatic heterocycles. The van der Waals surface area contributed by atoms with Gasteiger partial charge in [-0.2, -0.15) is 10.3 Å². The van der Waals surface area contributed by atoms with Crippen LogP contribution in [-0.4, -0.2) is 55.6 Å². The Kier molecular flexibility index (Phi) is 5.46. The second-order valence-electron chi connectivity index (χ2n) is 8.07. The number of fused-ring (bicyclic) bond motifs is 2. The Bertz CT molecular complexity index is 1410. The summed E-state index contributed by atoms with van der Waals surface area (Å²) in [5.74, 6) is -1.16. The van der Waals surface area contributed by atoms with E-state index in [2.05, 4.69) is 25.7 Å². The fourth-order valence-electron chi connectivity index (χ4n) is 4.23. The van der Waals surface area contributed by atoms with Crippen molar-refractivity contribution in [1.29, 1.82) is 0 Å². The van der Waals surface area contributed by atoms with Gasteiger partial charge < -0.3 is 16.0 Å². The number of hydrogen-bond acceptors (Lipinski definition) is 6. The first kappa shape index (κ1) is 21.3. The van der Waals surface area contributed by atoms with Crippen molar-refractivity contribution in [2.45, 2.75) is 19.0 Å². The summed E-state index contributed by atoms with van der Waals surface area (Å²) in [4.78, 5) is 43.8. The van der Waals surface area contributed by atoms with Gasteiger partial charge in [0.2, 0.25) is 11.6 Å². The fourth-order valence-corrected chi connectivity index (χ4v) is 4.23. The maximum atomic E-state index is 13.5. The Balaban J connectivity index is 1.41. The third kappa shape index (κ3) is 3.96. The van der Waals surface area contributed by atoms with E-state index in [9.17, 15) is 14.4 Å². The van der Waals surface area contributed by atoms with Gasteiger partial charge >= 0.3 is 0 Å². The van der Waals surface area contributed by atoms with Crippen molar-refractivity contribution in [3.63, 3.8) is 0 Å². The molecule has 34 heavy (non-hydrogen) atoms. The molecular formula is C24H21N7O3. The first-order valence-electron chi connectivity index (χ1n) is 10.7.